The van der Waals surface area contributed by atoms with E-state index in [1.165, 1.54) is 281 Å². The normalized spacial score (nSPS) is 13.3. The van der Waals surface area contributed by atoms with Crippen LogP contribution in [0.5, 0.6) is 0 Å². The Kier molecular flexibility index (Phi) is 20.0. The third-order valence-electron chi connectivity index (χ3n) is 30.5. The van der Waals surface area contributed by atoms with Crippen LogP contribution < -0.4 is 0 Å². The lowest BCUT2D eigenvalue weighted by molar-refractivity contribution is 0.660. The SMILES string of the molecule is Cc1ccc2c(-c3c(C)c(C)cc(C)c3C)c3ccccc3c(-c3ccc4c(c3)-c3ccccc3C4(C)C)c2c1.Cc1ccc2c(-c3cc4ccccc4cc3-c3ccccc3)c3ccccc3c(-c3ccc4c(c3)-c3ccccc3C4(C)C)c2c1.Cc1ccc2c(-c3ccc(-c4ccccc4)c(-c4ccccc4)c3)c3ccccc3c(-c3ccc4c(c3)-c3ccccc3C4(C)C)c2c1. The molecule has 22 aromatic carbocycles. The van der Waals surface area contributed by atoms with Crippen molar-refractivity contribution in [2.75, 3.05) is 0 Å². The molecule has 0 nitrogen and oxygen atoms in total. The third kappa shape index (κ3) is 13.4. The second kappa shape index (κ2) is 32.3. The predicted octanol–water partition coefficient (Wildman–Crippen LogP) is 37.2. The van der Waals surface area contributed by atoms with Crippen molar-refractivity contribution in [1.29, 1.82) is 0 Å². The minimum atomic E-state index is -0.0165. The van der Waals surface area contributed by atoms with E-state index in [2.05, 4.69) is 496 Å². The van der Waals surface area contributed by atoms with Crippen LogP contribution in [0.3, 0.4) is 0 Å². The standard InChI is InChI=1S/C48H36.C46H34.C40H36/c1-31-22-25-40-43(28-31)47(35-24-27-45-42(30-35)37-18-12-13-21-44(37)48(45,2)3)39-20-11-10-19-38(39)46(40)34-23-26-36(32-14-6-4-7-15-32)41(29-34)33-16-8-5-9-17-33;1-29-21-23-37-40(25-29)44(33-22-24-43-39(28-33)34-17-11-12-20-42(34)46(43,2)3)35-18-9-10-19-36(35)45(37)41-27-32-16-8-7-15-31(32)26-38(41)30-13-5-4-6-14-30;1-23-16-18-32-34(20-23)38(28-17-19-36-33(22-28)29-12-10-11-15-35(29)40(36,6)7)30-13-8-9-14-31(30)39(32)37-26(4)24(2)21-25(3)27(37)5/h4-30H,1-3H3;4-28H,1-3H3;8-22H,1-7H3. The number of fused-ring (bicyclic) bond motifs is 16. The van der Waals surface area contributed by atoms with Gasteiger partial charge in [0.1, 0.15) is 0 Å². The van der Waals surface area contributed by atoms with E-state index in [1.807, 2.05) is 0 Å². The first-order valence-electron chi connectivity index (χ1n) is 47.7. The van der Waals surface area contributed by atoms with Crippen LogP contribution in [0.1, 0.15) is 114 Å². The predicted molar refractivity (Wildman–Crippen MR) is 577 cm³/mol. The Balaban J connectivity index is 0.000000114. The summed E-state index contributed by atoms with van der Waals surface area (Å²) in [7, 11) is 0. The molecule has 0 aliphatic heterocycles. The summed E-state index contributed by atoms with van der Waals surface area (Å²) in [4.78, 5) is 0. The van der Waals surface area contributed by atoms with Crippen LogP contribution in [-0.4, -0.2) is 0 Å². The first-order valence-corrected chi connectivity index (χ1v) is 47.7. The van der Waals surface area contributed by atoms with Gasteiger partial charge in [0.25, 0.3) is 0 Å². The van der Waals surface area contributed by atoms with Crippen molar-refractivity contribution < 1.29 is 0 Å². The van der Waals surface area contributed by atoms with E-state index < -0.39 is 0 Å². The molecule has 22 aromatic rings. The van der Waals surface area contributed by atoms with Crippen LogP contribution in [0.15, 0.2) is 406 Å². The van der Waals surface area contributed by atoms with Gasteiger partial charge in [-0.1, -0.05) is 428 Å². The largest absolute Gasteiger partial charge is 0.0622 e. The minimum absolute atomic E-state index is 0.00706. The van der Waals surface area contributed by atoms with E-state index in [4.69, 9.17) is 0 Å². The molecule has 3 aliphatic rings. The van der Waals surface area contributed by atoms with Gasteiger partial charge in [0.05, 0.1) is 0 Å². The Labute approximate surface area is 788 Å². The Morgan fingerprint density at radius 3 is 0.784 bits per heavy atom. The fourth-order valence-corrected chi connectivity index (χ4v) is 23.6. The van der Waals surface area contributed by atoms with Crippen molar-refractivity contribution in [3.63, 3.8) is 0 Å². The fourth-order valence-electron chi connectivity index (χ4n) is 23.6. The van der Waals surface area contributed by atoms with E-state index in [1.54, 1.807) is 0 Å². The Hall–Kier alpha value is -15.3. The van der Waals surface area contributed by atoms with Crippen LogP contribution in [0.4, 0.5) is 0 Å². The molecule has 25 rings (SSSR count). The Morgan fingerprint density at radius 2 is 0.403 bits per heavy atom. The summed E-state index contributed by atoms with van der Waals surface area (Å²) in [5.74, 6) is 0. The molecule has 0 atom stereocenters. The van der Waals surface area contributed by atoms with Gasteiger partial charge in [-0.3, -0.25) is 0 Å². The van der Waals surface area contributed by atoms with Gasteiger partial charge < -0.3 is 0 Å². The molecule has 0 heterocycles. The van der Waals surface area contributed by atoms with Crippen LogP contribution in [-0.2, 0) is 16.2 Å². The average molecular weight is 1720 g/mol. The molecule has 0 fully saturated rings. The van der Waals surface area contributed by atoms with Crippen molar-refractivity contribution in [3.8, 4) is 134 Å². The molecular formula is C134H106. The zero-order valence-electron chi connectivity index (χ0n) is 78.7. The Morgan fingerprint density at radius 1 is 0.142 bits per heavy atom. The van der Waals surface area contributed by atoms with Crippen molar-refractivity contribution in [3.05, 3.63) is 479 Å². The van der Waals surface area contributed by atoms with E-state index >= 15 is 0 Å². The lowest BCUT2D eigenvalue weighted by Crippen LogP contribution is -2.14. The molecule has 0 amide bonds. The summed E-state index contributed by atoms with van der Waals surface area (Å²) in [5.41, 5.74) is 48.9. The molecule has 0 spiro atoms. The number of hydrogen-bond acceptors (Lipinski definition) is 0. The summed E-state index contributed by atoms with van der Waals surface area (Å²) in [6.45, 7) is 29.8. The Bertz CT molecular complexity index is 8590. The van der Waals surface area contributed by atoms with Gasteiger partial charge in [-0.25, -0.2) is 0 Å². The number of aryl methyl sites for hydroxylation is 5. The van der Waals surface area contributed by atoms with Crippen molar-refractivity contribution in [2.24, 2.45) is 0 Å². The summed E-state index contributed by atoms with van der Waals surface area (Å²) in [5, 5.41) is 18.1. The molecule has 0 unspecified atom stereocenters. The van der Waals surface area contributed by atoms with E-state index in [0.717, 1.165) is 0 Å². The molecule has 0 saturated heterocycles. The lowest BCUT2D eigenvalue weighted by Gasteiger charge is -2.23. The van der Waals surface area contributed by atoms with Crippen LogP contribution in [0, 0.1) is 48.5 Å². The molecule has 3 aliphatic carbocycles. The molecule has 642 valence electrons. The van der Waals surface area contributed by atoms with Crippen LogP contribution in [0.2, 0.25) is 0 Å². The summed E-state index contributed by atoms with van der Waals surface area (Å²) >= 11 is 0. The molecule has 0 bridgehead atoms. The smallest absolute Gasteiger partial charge is 0.0158 e. The van der Waals surface area contributed by atoms with Gasteiger partial charge in [0.2, 0.25) is 0 Å². The highest BCUT2D eigenvalue weighted by atomic mass is 14.4. The van der Waals surface area contributed by atoms with E-state index in [-0.39, 0.29) is 16.2 Å². The first-order chi connectivity index (χ1) is 65.2. The molecule has 134 heavy (non-hydrogen) atoms. The maximum atomic E-state index is 2.46. The highest BCUT2D eigenvalue weighted by Gasteiger charge is 2.39. The first kappa shape index (κ1) is 83.0. The van der Waals surface area contributed by atoms with Crippen LogP contribution >= 0.6 is 0 Å². The molecular weight excluding hydrogens is 1610 g/mol. The third-order valence-corrected chi connectivity index (χ3v) is 30.5. The monoisotopic (exact) mass is 1710 g/mol. The zero-order chi connectivity index (χ0) is 91.3. The van der Waals surface area contributed by atoms with Crippen molar-refractivity contribution in [2.45, 2.75) is 106 Å². The van der Waals surface area contributed by atoms with Crippen LogP contribution in [0.25, 0.3) is 209 Å². The molecule has 0 saturated carbocycles. The van der Waals surface area contributed by atoms with E-state index in [0.29, 0.717) is 0 Å². The summed E-state index contributed by atoms with van der Waals surface area (Å²) in [6, 6.07) is 152. The van der Waals surface area contributed by atoms with Gasteiger partial charge in [-0.15, -0.1) is 0 Å². The number of rotatable bonds is 9. The fraction of sp³-hybridized carbons (Fsp3) is 0.119. The van der Waals surface area contributed by atoms with Crippen molar-refractivity contribution >= 4 is 75.4 Å². The summed E-state index contributed by atoms with van der Waals surface area (Å²) in [6.07, 6.45) is 0. The lowest BCUT2D eigenvalue weighted by atomic mass is 9.80. The molecule has 0 aromatic heterocycles. The highest BCUT2D eigenvalue weighted by molar-refractivity contribution is 6.26. The highest BCUT2D eigenvalue weighted by Crippen LogP contribution is 2.58. The van der Waals surface area contributed by atoms with E-state index in [9.17, 15) is 0 Å². The molecule has 0 N–H and O–H groups in total. The van der Waals surface area contributed by atoms with Gasteiger partial charge in [0.15, 0.2) is 0 Å². The summed E-state index contributed by atoms with van der Waals surface area (Å²) < 4.78 is 0. The van der Waals surface area contributed by atoms with Gasteiger partial charge in [-0.05, 0) is 349 Å². The maximum Gasteiger partial charge on any atom is 0.0158 e. The average Bonchev–Trinajstić information content (AvgIpc) is 1.72. The minimum Gasteiger partial charge on any atom is -0.0622 e. The second-order valence-corrected chi connectivity index (χ2v) is 39.6. The molecule has 0 heteroatoms. The maximum absolute atomic E-state index is 2.46. The number of benzene rings is 22. The number of hydrogen-bond donors (Lipinski definition) is 0. The van der Waals surface area contributed by atoms with Gasteiger partial charge in [-0.2, -0.15) is 0 Å². The topological polar surface area (TPSA) is 0 Å². The quantitative estimate of drug-likeness (QED) is 0.126. The molecule has 0 radical (unpaired) electrons. The van der Waals surface area contributed by atoms with Gasteiger partial charge in [0, 0.05) is 16.2 Å². The zero-order valence-corrected chi connectivity index (χ0v) is 78.7. The second-order valence-electron chi connectivity index (χ2n) is 39.6. The van der Waals surface area contributed by atoms with Crippen molar-refractivity contribution in [1.82, 2.24) is 0 Å². The van der Waals surface area contributed by atoms with Gasteiger partial charge >= 0.3 is 0 Å².